The van der Waals surface area contributed by atoms with E-state index in [0.717, 1.165) is 6.07 Å². The van der Waals surface area contributed by atoms with E-state index in [2.05, 4.69) is 0 Å². The van der Waals surface area contributed by atoms with Crippen molar-refractivity contribution in [2.45, 2.75) is 0 Å². The van der Waals surface area contributed by atoms with E-state index in [1.54, 1.807) is 0 Å². The third-order valence-corrected chi connectivity index (χ3v) is 2.99. The van der Waals surface area contributed by atoms with Gasteiger partial charge in [0.1, 0.15) is 0 Å². The zero-order chi connectivity index (χ0) is 19.1. The lowest BCUT2D eigenvalue weighted by molar-refractivity contribution is 0.0681. The molecule has 4 N–H and O–H groups in total. The topological polar surface area (TPSA) is 149 Å². The molecule has 9 heteroatoms. The Morgan fingerprint density at radius 2 is 0.840 bits per heavy atom. The summed E-state index contributed by atoms with van der Waals surface area (Å²) in [5, 5.41) is 34.2. The van der Waals surface area contributed by atoms with Gasteiger partial charge in [0.05, 0.1) is 22.3 Å². The molecular weight excluding hydrogens is 356 g/mol. The molecule has 0 saturated heterocycles. The molecule has 2 aromatic carbocycles. The first-order chi connectivity index (χ1) is 11.6. The number of rotatable bonds is 4. The van der Waals surface area contributed by atoms with E-state index in [9.17, 15) is 19.2 Å². The molecule has 0 aliphatic rings. The fourth-order valence-electron chi connectivity index (χ4n) is 1.59. The summed E-state index contributed by atoms with van der Waals surface area (Å²) in [7, 11) is 0. The van der Waals surface area contributed by atoms with Crippen LogP contribution in [0.1, 0.15) is 41.4 Å². The molecule has 0 aliphatic heterocycles. The predicted octanol–water partition coefficient (Wildman–Crippen LogP) is 2.82. The van der Waals surface area contributed by atoms with Crippen LogP contribution in [0.15, 0.2) is 42.5 Å². The third-order valence-electron chi connectivity index (χ3n) is 2.77. The SMILES string of the molecule is O=C(O)c1cc(Cl)cc(C(=O)O)c1.O=C(O)c1ccc(C(=O)O)cc1. The van der Waals surface area contributed by atoms with Crippen LogP contribution in [-0.4, -0.2) is 44.3 Å². The Hall–Kier alpha value is -3.39. The van der Waals surface area contributed by atoms with Crippen molar-refractivity contribution in [2.24, 2.45) is 0 Å². The number of carbonyl (C=O) groups is 4. The maximum atomic E-state index is 10.5. The summed E-state index contributed by atoms with van der Waals surface area (Å²) in [5.74, 6) is -4.53. The fraction of sp³-hybridized carbons (Fsp3) is 0. The number of hydrogen-bond donors (Lipinski definition) is 4. The second kappa shape index (κ2) is 8.46. The summed E-state index contributed by atoms with van der Waals surface area (Å²) in [6, 6.07) is 8.46. The molecule has 8 nitrogen and oxygen atoms in total. The van der Waals surface area contributed by atoms with Gasteiger partial charge in [-0.1, -0.05) is 11.6 Å². The van der Waals surface area contributed by atoms with Crippen LogP contribution in [0, 0.1) is 0 Å². The number of benzene rings is 2. The maximum absolute atomic E-state index is 10.5. The first-order valence-electron chi connectivity index (χ1n) is 6.45. The second-order valence-corrected chi connectivity index (χ2v) is 4.96. The summed E-state index contributed by atoms with van der Waals surface area (Å²) < 4.78 is 0. The minimum atomic E-state index is -1.20. The molecule has 0 fully saturated rings. The molecule has 0 spiro atoms. The molecule has 25 heavy (non-hydrogen) atoms. The lowest BCUT2D eigenvalue weighted by Gasteiger charge is -1.98. The number of aromatic carboxylic acids is 4. The fourth-order valence-corrected chi connectivity index (χ4v) is 1.83. The molecule has 0 saturated carbocycles. The standard InChI is InChI=1S/C8H5ClO4.C8H6O4/c9-6-2-4(7(10)11)1-5(3-6)8(12)13;9-7(10)5-1-2-6(4-3-5)8(11)12/h1-3H,(H,10,11)(H,12,13);1-4H,(H,9,10)(H,11,12). The highest BCUT2D eigenvalue weighted by Crippen LogP contribution is 2.15. The van der Waals surface area contributed by atoms with E-state index in [4.69, 9.17) is 32.0 Å². The van der Waals surface area contributed by atoms with Crippen LogP contribution < -0.4 is 0 Å². The van der Waals surface area contributed by atoms with Crippen LogP contribution in [0.3, 0.4) is 0 Å². The molecule has 0 aromatic heterocycles. The average molecular weight is 367 g/mol. The van der Waals surface area contributed by atoms with Gasteiger partial charge in [0, 0.05) is 5.02 Å². The van der Waals surface area contributed by atoms with Crippen molar-refractivity contribution in [2.75, 3.05) is 0 Å². The lowest BCUT2D eigenvalue weighted by atomic mass is 10.1. The summed E-state index contributed by atoms with van der Waals surface area (Å²) in [5.41, 5.74) is -0.102. The lowest BCUT2D eigenvalue weighted by Crippen LogP contribution is -2.01. The van der Waals surface area contributed by atoms with Crippen molar-refractivity contribution < 1.29 is 39.6 Å². The van der Waals surface area contributed by atoms with E-state index in [-0.39, 0.29) is 27.3 Å². The van der Waals surface area contributed by atoms with E-state index < -0.39 is 23.9 Å². The molecule has 0 radical (unpaired) electrons. The Morgan fingerprint density at radius 1 is 0.560 bits per heavy atom. The number of carboxylic acid groups (broad SMARTS) is 4. The Labute approximate surface area is 145 Å². The van der Waals surface area contributed by atoms with Crippen molar-refractivity contribution in [1.29, 1.82) is 0 Å². The van der Waals surface area contributed by atoms with Gasteiger partial charge in [-0.05, 0) is 42.5 Å². The van der Waals surface area contributed by atoms with Gasteiger partial charge >= 0.3 is 23.9 Å². The molecule has 0 heterocycles. The number of hydrogen-bond acceptors (Lipinski definition) is 4. The molecule has 2 rings (SSSR count). The van der Waals surface area contributed by atoms with E-state index in [1.807, 2.05) is 0 Å². The highest BCUT2D eigenvalue weighted by atomic mass is 35.5. The smallest absolute Gasteiger partial charge is 0.335 e. The molecule has 0 aliphatic carbocycles. The van der Waals surface area contributed by atoms with Crippen LogP contribution in [-0.2, 0) is 0 Å². The highest BCUT2D eigenvalue weighted by Gasteiger charge is 2.10. The van der Waals surface area contributed by atoms with Crippen LogP contribution in [0.4, 0.5) is 0 Å². The van der Waals surface area contributed by atoms with Gasteiger partial charge < -0.3 is 20.4 Å². The summed E-state index contributed by atoms with van der Waals surface area (Å²) in [6.45, 7) is 0. The maximum Gasteiger partial charge on any atom is 0.335 e. The van der Waals surface area contributed by atoms with Gasteiger partial charge in [-0.2, -0.15) is 0 Å². The van der Waals surface area contributed by atoms with Crippen LogP contribution in [0.5, 0.6) is 0 Å². The number of halogens is 1. The second-order valence-electron chi connectivity index (χ2n) is 4.53. The summed E-state index contributed by atoms with van der Waals surface area (Å²) in [4.78, 5) is 41.6. The molecule has 130 valence electrons. The van der Waals surface area contributed by atoms with Gasteiger partial charge in [0.2, 0.25) is 0 Å². The Kier molecular flexibility index (Phi) is 6.65. The van der Waals surface area contributed by atoms with E-state index in [0.29, 0.717) is 0 Å². The third kappa shape index (κ3) is 5.96. The van der Waals surface area contributed by atoms with Gasteiger partial charge in [0.25, 0.3) is 0 Å². The average Bonchev–Trinajstić information content (AvgIpc) is 2.54. The van der Waals surface area contributed by atoms with Gasteiger partial charge in [-0.25, -0.2) is 19.2 Å². The monoisotopic (exact) mass is 366 g/mol. The first kappa shape index (κ1) is 19.7. The zero-order valence-corrected chi connectivity index (χ0v) is 13.1. The Balaban J connectivity index is 0.000000251. The molecular formula is C16H11ClO8. The quantitative estimate of drug-likeness (QED) is 0.645. The molecule has 0 amide bonds. The Morgan fingerprint density at radius 3 is 1.08 bits per heavy atom. The van der Waals surface area contributed by atoms with Crippen molar-refractivity contribution >= 4 is 35.5 Å². The minimum absolute atomic E-state index is 0.0833. The zero-order valence-electron chi connectivity index (χ0n) is 12.3. The van der Waals surface area contributed by atoms with Crippen molar-refractivity contribution in [1.82, 2.24) is 0 Å². The van der Waals surface area contributed by atoms with Crippen molar-refractivity contribution in [3.8, 4) is 0 Å². The van der Waals surface area contributed by atoms with Gasteiger partial charge in [-0.3, -0.25) is 0 Å². The van der Waals surface area contributed by atoms with Crippen LogP contribution >= 0.6 is 11.6 Å². The van der Waals surface area contributed by atoms with E-state index in [1.165, 1.54) is 36.4 Å². The van der Waals surface area contributed by atoms with Crippen LogP contribution in [0.2, 0.25) is 5.02 Å². The van der Waals surface area contributed by atoms with Gasteiger partial charge in [0.15, 0.2) is 0 Å². The molecule has 0 atom stereocenters. The van der Waals surface area contributed by atoms with Gasteiger partial charge in [-0.15, -0.1) is 0 Å². The highest BCUT2D eigenvalue weighted by molar-refractivity contribution is 6.31. The summed E-state index contributed by atoms with van der Waals surface area (Å²) in [6.07, 6.45) is 0. The van der Waals surface area contributed by atoms with Crippen LogP contribution in [0.25, 0.3) is 0 Å². The molecule has 0 unspecified atom stereocenters. The minimum Gasteiger partial charge on any atom is -0.478 e. The normalized spacial score (nSPS) is 9.48. The van der Waals surface area contributed by atoms with E-state index >= 15 is 0 Å². The predicted molar refractivity (Wildman–Crippen MR) is 85.7 cm³/mol. The first-order valence-corrected chi connectivity index (χ1v) is 6.83. The molecule has 2 aromatic rings. The molecule has 0 bridgehead atoms. The number of carboxylic acids is 4. The van der Waals surface area contributed by atoms with Crippen molar-refractivity contribution in [3.05, 3.63) is 69.7 Å². The largest absolute Gasteiger partial charge is 0.478 e. The summed E-state index contributed by atoms with van der Waals surface area (Å²) >= 11 is 5.51. The Bertz CT molecular complexity index is 761. The van der Waals surface area contributed by atoms with Crippen molar-refractivity contribution in [3.63, 3.8) is 0 Å².